The fraction of sp³-hybridized carbons (Fsp3) is 0.375. The molecule has 0 saturated carbocycles. The maximum absolute atomic E-state index is 11.1. The van der Waals surface area contributed by atoms with E-state index < -0.39 is 5.97 Å². The number of carboxylic acid groups (broad SMARTS) is 1. The maximum Gasteiger partial charge on any atom is 0.335 e. The molecule has 1 aliphatic rings. The number of imidazole rings is 1. The molecule has 0 radical (unpaired) electrons. The van der Waals surface area contributed by atoms with Crippen LogP contribution in [0.3, 0.4) is 0 Å². The largest absolute Gasteiger partial charge is 0.478 e. The first kappa shape index (κ1) is 13.7. The molecule has 5 nitrogen and oxygen atoms in total. The van der Waals surface area contributed by atoms with Crippen LogP contribution in [-0.4, -0.2) is 27.2 Å². The molecule has 110 valence electrons. The van der Waals surface area contributed by atoms with Crippen molar-refractivity contribution in [2.24, 2.45) is 0 Å². The van der Waals surface area contributed by atoms with Crippen molar-refractivity contribution < 1.29 is 9.90 Å². The van der Waals surface area contributed by atoms with Crippen LogP contribution in [0.15, 0.2) is 30.7 Å². The van der Waals surface area contributed by atoms with Gasteiger partial charge in [-0.2, -0.15) is 0 Å². The van der Waals surface area contributed by atoms with Crippen LogP contribution in [0.2, 0.25) is 0 Å². The Hall–Kier alpha value is -2.30. The predicted octanol–water partition coefficient (Wildman–Crippen LogP) is 2.55. The van der Waals surface area contributed by atoms with E-state index in [4.69, 9.17) is 5.11 Å². The smallest absolute Gasteiger partial charge is 0.335 e. The number of rotatable bonds is 5. The molecule has 1 N–H and O–H groups in total. The molecule has 0 saturated heterocycles. The number of carbonyl (C=O) groups is 1. The van der Waals surface area contributed by atoms with E-state index in [1.54, 1.807) is 12.1 Å². The van der Waals surface area contributed by atoms with Crippen LogP contribution in [0.1, 0.15) is 35.0 Å². The Morgan fingerprint density at radius 2 is 2.29 bits per heavy atom. The molecule has 2 aromatic rings. The highest BCUT2D eigenvalue weighted by Gasteiger charge is 2.21. The number of aromatic nitrogens is 2. The predicted molar refractivity (Wildman–Crippen MR) is 80.7 cm³/mol. The zero-order valence-corrected chi connectivity index (χ0v) is 12.1. The molecule has 1 aromatic carbocycles. The lowest BCUT2D eigenvalue weighted by molar-refractivity contribution is 0.0697. The van der Waals surface area contributed by atoms with E-state index in [9.17, 15) is 4.79 Å². The minimum Gasteiger partial charge on any atom is -0.478 e. The van der Waals surface area contributed by atoms with Crippen LogP contribution in [-0.2, 0) is 19.5 Å². The molecule has 0 amide bonds. The van der Waals surface area contributed by atoms with Crippen LogP contribution in [0.4, 0.5) is 5.69 Å². The molecular formula is C16H19N3O2. The number of nitrogens with zero attached hydrogens (tertiary/aromatic N) is 3. The molecule has 1 aromatic heterocycles. The van der Waals surface area contributed by atoms with Crippen LogP contribution in [0.25, 0.3) is 0 Å². The third kappa shape index (κ3) is 2.63. The van der Waals surface area contributed by atoms with Gasteiger partial charge in [-0.25, -0.2) is 9.78 Å². The molecule has 0 atom stereocenters. The summed E-state index contributed by atoms with van der Waals surface area (Å²) in [7, 11) is 0. The van der Waals surface area contributed by atoms with Crippen molar-refractivity contribution in [1.29, 1.82) is 0 Å². The molecule has 0 bridgehead atoms. The maximum atomic E-state index is 11.1. The number of aryl methyl sites for hydroxylation is 1. The third-order valence-corrected chi connectivity index (χ3v) is 3.94. The van der Waals surface area contributed by atoms with E-state index in [2.05, 4.69) is 21.4 Å². The number of fused-ring (bicyclic) bond motifs is 1. The molecule has 5 heteroatoms. The van der Waals surface area contributed by atoms with Gasteiger partial charge in [-0.15, -0.1) is 0 Å². The monoisotopic (exact) mass is 285 g/mol. The van der Waals surface area contributed by atoms with Crippen molar-refractivity contribution in [3.8, 4) is 0 Å². The molecule has 0 unspecified atom stereocenters. The Morgan fingerprint density at radius 3 is 3.05 bits per heavy atom. The van der Waals surface area contributed by atoms with Gasteiger partial charge in [-0.05, 0) is 30.5 Å². The molecule has 1 aliphatic heterocycles. The molecule has 21 heavy (non-hydrogen) atoms. The number of carboxylic acids is 1. The lowest BCUT2D eigenvalue weighted by atomic mass is 10.1. The summed E-state index contributed by atoms with van der Waals surface area (Å²) in [6.07, 6.45) is 5.80. The molecule has 2 heterocycles. The standard InChI is InChI=1S/C16H19N3O2/c1-2-6-19-11-17-9-14(19)10-18-7-5-12-3-4-13(16(20)21)8-15(12)18/h3-4,8-9,11H,2,5-7,10H2,1H3,(H,20,21). The highest BCUT2D eigenvalue weighted by Crippen LogP contribution is 2.30. The van der Waals surface area contributed by atoms with Crippen molar-refractivity contribution in [2.75, 3.05) is 11.4 Å². The summed E-state index contributed by atoms with van der Waals surface area (Å²) in [5.74, 6) is -0.874. The summed E-state index contributed by atoms with van der Waals surface area (Å²) in [6, 6.07) is 5.40. The van der Waals surface area contributed by atoms with Gasteiger partial charge >= 0.3 is 5.97 Å². The average Bonchev–Trinajstić information content (AvgIpc) is 3.07. The normalized spacial score (nSPS) is 13.5. The van der Waals surface area contributed by atoms with E-state index in [1.807, 2.05) is 18.6 Å². The van der Waals surface area contributed by atoms with Crippen molar-refractivity contribution >= 4 is 11.7 Å². The van der Waals surface area contributed by atoms with Gasteiger partial charge in [0.15, 0.2) is 0 Å². The lowest BCUT2D eigenvalue weighted by Gasteiger charge is -2.20. The molecule has 0 spiro atoms. The first-order chi connectivity index (χ1) is 10.2. The minimum absolute atomic E-state index is 0.350. The lowest BCUT2D eigenvalue weighted by Crippen LogP contribution is -2.21. The number of benzene rings is 1. The van der Waals surface area contributed by atoms with Gasteiger partial charge in [0.25, 0.3) is 0 Å². The molecule has 0 aliphatic carbocycles. The Morgan fingerprint density at radius 1 is 1.43 bits per heavy atom. The first-order valence-corrected chi connectivity index (χ1v) is 7.29. The van der Waals surface area contributed by atoms with E-state index in [0.29, 0.717) is 5.56 Å². The zero-order chi connectivity index (χ0) is 14.8. The van der Waals surface area contributed by atoms with Crippen LogP contribution in [0, 0.1) is 0 Å². The van der Waals surface area contributed by atoms with Gasteiger partial charge < -0.3 is 14.6 Å². The second kappa shape index (κ2) is 5.60. The second-order valence-corrected chi connectivity index (χ2v) is 5.40. The number of aromatic carboxylic acids is 1. The van der Waals surface area contributed by atoms with Gasteiger partial charge in [0.05, 0.1) is 24.1 Å². The zero-order valence-electron chi connectivity index (χ0n) is 12.1. The first-order valence-electron chi connectivity index (χ1n) is 7.29. The average molecular weight is 285 g/mol. The fourth-order valence-corrected chi connectivity index (χ4v) is 2.86. The minimum atomic E-state index is -0.874. The van der Waals surface area contributed by atoms with Crippen molar-refractivity contribution in [3.63, 3.8) is 0 Å². The van der Waals surface area contributed by atoms with Gasteiger partial charge in [0.2, 0.25) is 0 Å². The van der Waals surface area contributed by atoms with E-state index in [0.717, 1.165) is 38.2 Å². The summed E-state index contributed by atoms with van der Waals surface area (Å²) in [5, 5.41) is 9.14. The Bertz CT molecular complexity index is 663. The van der Waals surface area contributed by atoms with Crippen LogP contribution >= 0.6 is 0 Å². The van der Waals surface area contributed by atoms with Crippen molar-refractivity contribution in [3.05, 3.63) is 47.5 Å². The number of hydrogen-bond donors (Lipinski definition) is 1. The number of anilines is 1. The van der Waals surface area contributed by atoms with Gasteiger partial charge in [-0.3, -0.25) is 0 Å². The topological polar surface area (TPSA) is 58.4 Å². The summed E-state index contributed by atoms with van der Waals surface area (Å²) < 4.78 is 2.17. The quantitative estimate of drug-likeness (QED) is 0.917. The molecule has 0 fully saturated rings. The highest BCUT2D eigenvalue weighted by atomic mass is 16.4. The van der Waals surface area contributed by atoms with Gasteiger partial charge in [0, 0.05) is 25.0 Å². The van der Waals surface area contributed by atoms with E-state index >= 15 is 0 Å². The second-order valence-electron chi connectivity index (χ2n) is 5.40. The summed E-state index contributed by atoms with van der Waals surface area (Å²) in [6.45, 7) is 4.81. The molecular weight excluding hydrogens is 266 g/mol. The third-order valence-electron chi connectivity index (χ3n) is 3.94. The molecule has 3 rings (SSSR count). The van der Waals surface area contributed by atoms with Gasteiger partial charge in [-0.1, -0.05) is 13.0 Å². The Balaban J connectivity index is 1.85. The Labute approximate surface area is 123 Å². The highest BCUT2D eigenvalue weighted by molar-refractivity contribution is 5.89. The summed E-state index contributed by atoms with van der Waals surface area (Å²) in [4.78, 5) is 17.6. The van der Waals surface area contributed by atoms with E-state index in [-0.39, 0.29) is 0 Å². The summed E-state index contributed by atoms with van der Waals surface area (Å²) >= 11 is 0. The van der Waals surface area contributed by atoms with Gasteiger partial charge in [0.1, 0.15) is 0 Å². The SMILES string of the molecule is CCCn1cncc1CN1CCc2ccc(C(=O)O)cc21. The van der Waals surface area contributed by atoms with Crippen LogP contribution < -0.4 is 4.90 Å². The van der Waals surface area contributed by atoms with Crippen molar-refractivity contribution in [2.45, 2.75) is 32.9 Å². The van der Waals surface area contributed by atoms with Crippen molar-refractivity contribution in [1.82, 2.24) is 9.55 Å². The summed E-state index contributed by atoms with van der Waals surface area (Å²) in [5.41, 5.74) is 3.79. The fourth-order valence-electron chi connectivity index (χ4n) is 2.86. The Kier molecular flexibility index (Phi) is 3.64. The number of hydrogen-bond acceptors (Lipinski definition) is 3. The van der Waals surface area contributed by atoms with E-state index in [1.165, 1.54) is 11.3 Å². The van der Waals surface area contributed by atoms with Crippen LogP contribution in [0.5, 0.6) is 0 Å².